The highest BCUT2D eigenvalue weighted by Gasteiger charge is 2.28. The molecule has 0 saturated heterocycles. The summed E-state index contributed by atoms with van der Waals surface area (Å²) in [7, 11) is 1.21. The zero-order valence-electron chi connectivity index (χ0n) is 11.1. The largest absolute Gasteiger partial charge is 0.468 e. The summed E-state index contributed by atoms with van der Waals surface area (Å²) >= 11 is 0. The minimum Gasteiger partial charge on any atom is -0.468 e. The van der Waals surface area contributed by atoms with Crippen molar-refractivity contribution in [1.29, 1.82) is 0 Å². The standard InChI is InChI=1S/C11H16FN3O5/c1-11(13,8(16)19-2)5-3-4-7(12)6-15-9(17)14-20-10(15)18/h4H,3,5-6,13H2,1-2H3,(H,14,17)/b7-4-. The maximum atomic E-state index is 13.5. The van der Waals surface area contributed by atoms with Crippen molar-refractivity contribution in [2.45, 2.75) is 31.8 Å². The number of esters is 1. The molecule has 0 aliphatic carbocycles. The molecular formula is C11H16FN3O5. The molecular weight excluding hydrogens is 273 g/mol. The van der Waals surface area contributed by atoms with E-state index in [1.54, 1.807) is 5.16 Å². The van der Waals surface area contributed by atoms with Crippen LogP contribution in [0.5, 0.6) is 0 Å². The van der Waals surface area contributed by atoms with Crippen LogP contribution in [0.15, 0.2) is 26.0 Å². The van der Waals surface area contributed by atoms with E-state index in [4.69, 9.17) is 5.73 Å². The molecule has 0 saturated carbocycles. The minimum atomic E-state index is -1.23. The molecule has 1 atom stereocenters. The number of hydrogen-bond acceptors (Lipinski definition) is 6. The molecule has 1 unspecified atom stereocenters. The van der Waals surface area contributed by atoms with Crippen molar-refractivity contribution >= 4 is 5.97 Å². The molecule has 1 rings (SSSR count). The number of halogens is 1. The lowest BCUT2D eigenvalue weighted by molar-refractivity contribution is -0.146. The Labute approximate surface area is 113 Å². The monoisotopic (exact) mass is 289 g/mol. The number of aromatic amines is 1. The van der Waals surface area contributed by atoms with Gasteiger partial charge in [0.15, 0.2) is 0 Å². The van der Waals surface area contributed by atoms with Gasteiger partial charge in [0.2, 0.25) is 0 Å². The van der Waals surface area contributed by atoms with Gasteiger partial charge in [0.1, 0.15) is 11.4 Å². The van der Waals surface area contributed by atoms with Gasteiger partial charge < -0.3 is 15.0 Å². The van der Waals surface area contributed by atoms with E-state index in [9.17, 15) is 18.8 Å². The van der Waals surface area contributed by atoms with Crippen molar-refractivity contribution in [1.82, 2.24) is 9.72 Å². The third kappa shape index (κ3) is 3.92. The molecule has 0 aromatic carbocycles. The highest BCUT2D eigenvalue weighted by atomic mass is 19.1. The zero-order valence-corrected chi connectivity index (χ0v) is 11.1. The number of nitrogens with zero attached hydrogens (tertiary/aromatic N) is 1. The van der Waals surface area contributed by atoms with Gasteiger partial charge in [-0.25, -0.2) is 18.5 Å². The molecule has 0 amide bonds. The summed E-state index contributed by atoms with van der Waals surface area (Å²) in [6, 6.07) is 0. The van der Waals surface area contributed by atoms with E-state index in [0.717, 1.165) is 6.08 Å². The van der Waals surface area contributed by atoms with Gasteiger partial charge in [0, 0.05) is 0 Å². The Morgan fingerprint density at radius 3 is 2.75 bits per heavy atom. The maximum absolute atomic E-state index is 13.5. The van der Waals surface area contributed by atoms with Gasteiger partial charge in [-0.3, -0.25) is 4.79 Å². The second kappa shape index (κ2) is 6.33. The van der Waals surface area contributed by atoms with Crippen LogP contribution in [0.3, 0.4) is 0 Å². The summed E-state index contributed by atoms with van der Waals surface area (Å²) in [5.41, 5.74) is 3.63. The van der Waals surface area contributed by atoms with Gasteiger partial charge >= 0.3 is 17.4 Å². The lowest BCUT2D eigenvalue weighted by Gasteiger charge is -2.20. The highest BCUT2D eigenvalue weighted by Crippen LogP contribution is 2.13. The normalized spacial score (nSPS) is 14.9. The molecule has 1 heterocycles. The first-order valence-electron chi connectivity index (χ1n) is 5.78. The lowest BCUT2D eigenvalue weighted by atomic mass is 9.97. The summed E-state index contributed by atoms with van der Waals surface area (Å²) in [5.74, 6) is -2.29. The van der Waals surface area contributed by atoms with Crippen molar-refractivity contribution in [2.75, 3.05) is 7.11 Å². The average Bonchev–Trinajstić information content (AvgIpc) is 2.69. The number of ether oxygens (including phenoxy) is 1. The topological polar surface area (TPSA) is 120 Å². The van der Waals surface area contributed by atoms with E-state index in [2.05, 4.69) is 9.26 Å². The number of carbonyl (C=O) groups excluding carboxylic acids is 1. The molecule has 0 bridgehead atoms. The van der Waals surface area contributed by atoms with Gasteiger partial charge in [0.25, 0.3) is 0 Å². The summed E-state index contributed by atoms with van der Waals surface area (Å²) in [6.07, 6.45) is 1.45. The molecule has 1 aromatic rings. The number of nitrogens with one attached hydrogen (secondary N) is 1. The quantitative estimate of drug-likeness (QED) is 0.691. The Morgan fingerprint density at radius 1 is 1.60 bits per heavy atom. The van der Waals surface area contributed by atoms with Crippen molar-refractivity contribution in [3.8, 4) is 0 Å². The fourth-order valence-corrected chi connectivity index (χ4v) is 1.50. The number of carbonyl (C=O) groups is 1. The Balaban J connectivity index is 2.62. The molecule has 0 aliphatic heterocycles. The van der Waals surface area contributed by atoms with Crippen LogP contribution in [0, 0.1) is 0 Å². The molecule has 1 aromatic heterocycles. The Hall–Kier alpha value is -2.16. The number of rotatable bonds is 6. The Bertz CT molecular complexity index is 583. The molecule has 0 fully saturated rings. The first-order valence-corrected chi connectivity index (χ1v) is 5.78. The molecule has 20 heavy (non-hydrogen) atoms. The minimum absolute atomic E-state index is 0.151. The summed E-state index contributed by atoms with van der Waals surface area (Å²) in [5, 5.41) is 1.79. The zero-order chi connectivity index (χ0) is 15.3. The lowest BCUT2D eigenvalue weighted by Crippen LogP contribution is -2.45. The second-order valence-corrected chi connectivity index (χ2v) is 4.46. The van der Waals surface area contributed by atoms with E-state index in [1.165, 1.54) is 14.0 Å². The van der Waals surface area contributed by atoms with Crippen LogP contribution in [0.25, 0.3) is 0 Å². The van der Waals surface area contributed by atoms with Gasteiger partial charge in [-0.1, -0.05) is 6.08 Å². The molecule has 0 radical (unpaired) electrons. The third-order valence-corrected chi connectivity index (χ3v) is 2.68. The van der Waals surface area contributed by atoms with Crippen molar-refractivity contribution in [2.24, 2.45) is 5.73 Å². The smallest absolute Gasteiger partial charge is 0.442 e. The van der Waals surface area contributed by atoms with Gasteiger partial charge in [-0.05, 0) is 19.8 Å². The van der Waals surface area contributed by atoms with Crippen LogP contribution in [0.1, 0.15) is 19.8 Å². The van der Waals surface area contributed by atoms with Gasteiger partial charge in [-0.15, -0.1) is 0 Å². The van der Waals surface area contributed by atoms with E-state index in [0.29, 0.717) is 4.57 Å². The van der Waals surface area contributed by atoms with E-state index in [-0.39, 0.29) is 12.8 Å². The van der Waals surface area contributed by atoms with Crippen molar-refractivity contribution in [3.63, 3.8) is 0 Å². The number of hydrogen-bond donors (Lipinski definition) is 2. The summed E-state index contributed by atoms with van der Waals surface area (Å²) in [6.45, 7) is 0.931. The first kappa shape index (κ1) is 15.9. The number of methoxy groups -OCH3 is 1. The van der Waals surface area contributed by atoms with Crippen LogP contribution in [0.2, 0.25) is 0 Å². The Morgan fingerprint density at radius 2 is 2.25 bits per heavy atom. The fourth-order valence-electron chi connectivity index (χ4n) is 1.50. The van der Waals surface area contributed by atoms with Crippen LogP contribution < -0.4 is 17.2 Å². The van der Waals surface area contributed by atoms with Crippen LogP contribution in [-0.4, -0.2) is 28.3 Å². The van der Waals surface area contributed by atoms with Gasteiger partial charge in [0.05, 0.1) is 13.7 Å². The van der Waals surface area contributed by atoms with Crippen LogP contribution in [0.4, 0.5) is 4.39 Å². The maximum Gasteiger partial charge on any atom is 0.442 e. The number of aromatic nitrogens is 2. The van der Waals surface area contributed by atoms with Crippen LogP contribution in [-0.2, 0) is 16.1 Å². The summed E-state index contributed by atoms with van der Waals surface area (Å²) < 4.78 is 22.8. The SMILES string of the molecule is COC(=O)C(C)(N)CC/C=C(\F)Cn1c(=O)[nH]oc1=O. The van der Waals surface area contributed by atoms with Crippen molar-refractivity contribution in [3.05, 3.63) is 32.9 Å². The predicted molar refractivity (Wildman–Crippen MR) is 66.6 cm³/mol. The van der Waals surface area contributed by atoms with E-state index < -0.39 is 35.3 Å². The Kier molecular flexibility index (Phi) is 5.03. The second-order valence-electron chi connectivity index (χ2n) is 4.46. The van der Waals surface area contributed by atoms with Crippen molar-refractivity contribution < 1.29 is 18.4 Å². The molecule has 0 spiro atoms. The fraction of sp³-hybridized carbons (Fsp3) is 0.545. The first-order chi connectivity index (χ1) is 9.27. The molecule has 8 nitrogen and oxygen atoms in total. The van der Waals surface area contributed by atoms with Gasteiger partial charge in [-0.2, -0.15) is 5.16 Å². The predicted octanol–water partition coefficient (Wildman–Crippen LogP) is -0.346. The average molecular weight is 289 g/mol. The molecule has 112 valence electrons. The van der Waals surface area contributed by atoms with E-state index in [1.807, 2.05) is 0 Å². The molecule has 3 N–H and O–H groups in total. The van der Waals surface area contributed by atoms with Crippen LogP contribution >= 0.6 is 0 Å². The molecule has 9 heteroatoms. The summed E-state index contributed by atoms with van der Waals surface area (Å²) in [4.78, 5) is 33.4. The van der Waals surface area contributed by atoms with E-state index >= 15 is 0 Å². The number of nitrogens with two attached hydrogens (primary N) is 1. The third-order valence-electron chi connectivity index (χ3n) is 2.68. The highest BCUT2D eigenvalue weighted by molar-refractivity contribution is 5.79. The molecule has 0 aliphatic rings. The number of H-pyrrole nitrogens is 1. The number of allylic oxidation sites excluding steroid dienone is 2.